The average molecular weight is 257 g/mol. The van der Waals surface area contributed by atoms with E-state index >= 15 is 0 Å². The minimum atomic E-state index is 0.145. The molecule has 0 aliphatic rings. The second-order valence-corrected chi connectivity index (χ2v) is 4.40. The highest BCUT2D eigenvalue weighted by molar-refractivity contribution is 5.75. The molecule has 0 saturated heterocycles. The molecular formula is C13H27N3O2. The van der Waals surface area contributed by atoms with E-state index in [0.717, 1.165) is 51.6 Å². The molecule has 0 aromatic rings. The third-order valence-corrected chi connectivity index (χ3v) is 2.73. The van der Waals surface area contributed by atoms with Crippen molar-refractivity contribution in [3.8, 4) is 0 Å². The first-order valence-electron chi connectivity index (χ1n) is 6.89. The first-order chi connectivity index (χ1) is 8.81. The Morgan fingerprint density at radius 3 is 2.33 bits per heavy atom. The van der Waals surface area contributed by atoms with Gasteiger partial charge in [-0.05, 0) is 39.3 Å². The number of carbonyl (C=O) groups is 2. The van der Waals surface area contributed by atoms with Crippen molar-refractivity contribution in [1.82, 2.24) is 16.0 Å². The van der Waals surface area contributed by atoms with Crippen molar-refractivity contribution in [2.75, 3.05) is 26.7 Å². The summed E-state index contributed by atoms with van der Waals surface area (Å²) in [4.78, 5) is 21.4. The van der Waals surface area contributed by atoms with E-state index in [4.69, 9.17) is 0 Å². The van der Waals surface area contributed by atoms with Crippen LogP contribution in [0.3, 0.4) is 0 Å². The number of carbonyl (C=O) groups excluding carboxylic acids is 2. The molecule has 0 unspecified atom stereocenters. The van der Waals surface area contributed by atoms with Gasteiger partial charge < -0.3 is 16.0 Å². The Morgan fingerprint density at radius 1 is 0.944 bits per heavy atom. The lowest BCUT2D eigenvalue weighted by atomic mass is 10.2. The fraction of sp³-hybridized carbons (Fsp3) is 0.846. The molecule has 0 rings (SSSR count). The normalized spacial score (nSPS) is 10.1. The van der Waals surface area contributed by atoms with E-state index in [1.165, 1.54) is 0 Å². The molecule has 0 fully saturated rings. The largest absolute Gasteiger partial charge is 0.359 e. The summed E-state index contributed by atoms with van der Waals surface area (Å²) in [5.41, 5.74) is 0. The Bertz CT molecular complexity index is 210. The van der Waals surface area contributed by atoms with E-state index in [-0.39, 0.29) is 5.91 Å². The standard InChI is InChI=1S/C13H27N3O2/c1-14-9-5-3-7-11-16-13(18)8-4-2-6-10-15-12-17/h12,14H,2-11H2,1H3,(H,15,17)(H,16,18). The van der Waals surface area contributed by atoms with Crippen molar-refractivity contribution in [2.24, 2.45) is 0 Å². The highest BCUT2D eigenvalue weighted by Crippen LogP contribution is 1.99. The van der Waals surface area contributed by atoms with Gasteiger partial charge in [0.1, 0.15) is 0 Å². The molecule has 0 radical (unpaired) electrons. The summed E-state index contributed by atoms with van der Waals surface area (Å²) in [5, 5.41) is 8.64. The lowest BCUT2D eigenvalue weighted by Crippen LogP contribution is -2.24. The maximum absolute atomic E-state index is 11.4. The summed E-state index contributed by atoms with van der Waals surface area (Å²) < 4.78 is 0. The SMILES string of the molecule is CNCCCCCNC(=O)CCCCCNC=O. The topological polar surface area (TPSA) is 70.2 Å². The molecule has 0 heterocycles. The van der Waals surface area contributed by atoms with Gasteiger partial charge in [0, 0.05) is 19.5 Å². The molecule has 0 bridgehead atoms. The predicted octanol–water partition coefficient (Wildman–Crippen LogP) is 0.799. The van der Waals surface area contributed by atoms with Crippen LogP contribution in [0.15, 0.2) is 0 Å². The molecule has 0 aliphatic heterocycles. The van der Waals surface area contributed by atoms with Crippen LogP contribution >= 0.6 is 0 Å². The highest BCUT2D eigenvalue weighted by Gasteiger charge is 1.99. The number of amides is 2. The molecule has 18 heavy (non-hydrogen) atoms. The van der Waals surface area contributed by atoms with E-state index < -0.39 is 0 Å². The van der Waals surface area contributed by atoms with E-state index in [1.54, 1.807) is 0 Å². The quantitative estimate of drug-likeness (QED) is 0.337. The van der Waals surface area contributed by atoms with E-state index in [1.807, 2.05) is 7.05 Å². The van der Waals surface area contributed by atoms with Crippen LogP contribution in [0.4, 0.5) is 0 Å². The lowest BCUT2D eigenvalue weighted by Gasteiger charge is -2.05. The van der Waals surface area contributed by atoms with Crippen molar-refractivity contribution < 1.29 is 9.59 Å². The summed E-state index contributed by atoms with van der Waals surface area (Å²) in [7, 11) is 1.95. The smallest absolute Gasteiger partial charge is 0.219 e. The van der Waals surface area contributed by atoms with Crippen LogP contribution in [-0.4, -0.2) is 39.0 Å². The van der Waals surface area contributed by atoms with Crippen LogP contribution in [-0.2, 0) is 9.59 Å². The molecule has 2 amide bonds. The zero-order valence-electron chi connectivity index (χ0n) is 11.5. The van der Waals surface area contributed by atoms with Crippen LogP contribution in [0, 0.1) is 0 Å². The maximum Gasteiger partial charge on any atom is 0.219 e. The van der Waals surface area contributed by atoms with Crippen molar-refractivity contribution in [3.63, 3.8) is 0 Å². The molecule has 5 heteroatoms. The van der Waals surface area contributed by atoms with Crippen LogP contribution in [0.1, 0.15) is 44.9 Å². The summed E-state index contributed by atoms with van der Waals surface area (Å²) in [5.74, 6) is 0.145. The highest BCUT2D eigenvalue weighted by atomic mass is 16.1. The van der Waals surface area contributed by atoms with Gasteiger partial charge in [-0.15, -0.1) is 0 Å². The number of rotatable bonds is 13. The molecule has 0 aliphatic carbocycles. The zero-order valence-corrected chi connectivity index (χ0v) is 11.5. The average Bonchev–Trinajstić information content (AvgIpc) is 2.38. The first-order valence-corrected chi connectivity index (χ1v) is 6.89. The van der Waals surface area contributed by atoms with Gasteiger partial charge in [0.2, 0.25) is 12.3 Å². The van der Waals surface area contributed by atoms with Gasteiger partial charge in [-0.1, -0.05) is 12.8 Å². The van der Waals surface area contributed by atoms with Crippen molar-refractivity contribution in [3.05, 3.63) is 0 Å². The predicted molar refractivity (Wildman–Crippen MR) is 73.3 cm³/mol. The second-order valence-electron chi connectivity index (χ2n) is 4.40. The molecule has 0 saturated carbocycles. The van der Waals surface area contributed by atoms with Gasteiger partial charge in [0.05, 0.1) is 0 Å². The Labute approximate surface area is 110 Å². The first kappa shape index (κ1) is 16.9. The Kier molecular flexibility index (Phi) is 13.1. The number of nitrogens with one attached hydrogen (secondary N) is 3. The number of hydrogen-bond acceptors (Lipinski definition) is 3. The lowest BCUT2D eigenvalue weighted by molar-refractivity contribution is -0.121. The molecule has 0 aromatic carbocycles. The van der Waals surface area contributed by atoms with Crippen molar-refractivity contribution >= 4 is 12.3 Å². The summed E-state index contributed by atoms with van der Waals surface area (Å²) in [6.45, 7) is 2.54. The molecule has 0 spiro atoms. The second kappa shape index (κ2) is 14.0. The van der Waals surface area contributed by atoms with Gasteiger partial charge in [-0.25, -0.2) is 0 Å². The molecule has 106 valence electrons. The number of unbranched alkanes of at least 4 members (excludes halogenated alkanes) is 4. The molecule has 3 N–H and O–H groups in total. The van der Waals surface area contributed by atoms with Crippen LogP contribution < -0.4 is 16.0 Å². The Balaban J connectivity index is 3.15. The maximum atomic E-state index is 11.4. The number of hydrogen-bond donors (Lipinski definition) is 3. The minimum absolute atomic E-state index is 0.145. The minimum Gasteiger partial charge on any atom is -0.359 e. The monoisotopic (exact) mass is 257 g/mol. The third kappa shape index (κ3) is 13.0. The fourth-order valence-corrected chi connectivity index (χ4v) is 1.67. The van der Waals surface area contributed by atoms with Crippen LogP contribution in [0.5, 0.6) is 0 Å². The molecule has 5 nitrogen and oxygen atoms in total. The van der Waals surface area contributed by atoms with E-state index in [2.05, 4.69) is 16.0 Å². The zero-order chi connectivity index (χ0) is 13.5. The summed E-state index contributed by atoms with van der Waals surface area (Å²) in [6.07, 6.45) is 7.49. The van der Waals surface area contributed by atoms with Crippen molar-refractivity contribution in [2.45, 2.75) is 44.9 Å². The van der Waals surface area contributed by atoms with E-state index in [0.29, 0.717) is 19.4 Å². The van der Waals surface area contributed by atoms with Gasteiger partial charge in [-0.3, -0.25) is 9.59 Å². The van der Waals surface area contributed by atoms with Crippen LogP contribution in [0.2, 0.25) is 0 Å². The summed E-state index contributed by atoms with van der Waals surface area (Å²) in [6, 6.07) is 0. The molecule has 0 atom stereocenters. The fourth-order valence-electron chi connectivity index (χ4n) is 1.67. The van der Waals surface area contributed by atoms with Crippen molar-refractivity contribution in [1.29, 1.82) is 0 Å². The Morgan fingerprint density at radius 2 is 1.61 bits per heavy atom. The van der Waals surface area contributed by atoms with Crippen LogP contribution in [0.25, 0.3) is 0 Å². The molecule has 0 aromatic heterocycles. The summed E-state index contributed by atoms with van der Waals surface area (Å²) >= 11 is 0. The molecular weight excluding hydrogens is 230 g/mol. The van der Waals surface area contributed by atoms with Gasteiger partial charge in [0.25, 0.3) is 0 Å². The van der Waals surface area contributed by atoms with Gasteiger partial charge in [-0.2, -0.15) is 0 Å². The van der Waals surface area contributed by atoms with Gasteiger partial charge >= 0.3 is 0 Å². The van der Waals surface area contributed by atoms with E-state index in [9.17, 15) is 9.59 Å². The van der Waals surface area contributed by atoms with Gasteiger partial charge in [0.15, 0.2) is 0 Å². The third-order valence-electron chi connectivity index (χ3n) is 2.73. The Hall–Kier alpha value is -1.10.